The lowest BCUT2D eigenvalue weighted by molar-refractivity contribution is -0.141. The Labute approximate surface area is 125 Å². The number of ether oxygens (including phenoxy) is 1. The van der Waals surface area contributed by atoms with E-state index in [-0.39, 0.29) is 34.7 Å². The number of morpholine rings is 1. The number of nitrogens with zero attached hydrogens (tertiary/aromatic N) is 2. The maximum absolute atomic E-state index is 12.3. The lowest BCUT2D eigenvalue weighted by Gasteiger charge is -2.32. The van der Waals surface area contributed by atoms with E-state index in [1.807, 2.05) is 0 Å². The van der Waals surface area contributed by atoms with E-state index in [1.165, 1.54) is 17.0 Å². The summed E-state index contributed by atoms with van der Waals surface area (Å²) in [7, 11) is 0. The summed E-state index contributed by atoms with van der Waals surface area (Å²) in [6.45, 7) is 0.889. The number of pyridine rings is 1. The first-order valence-corrected chi connectivity index (χ1v) is 6.67. The summed E-state index contributed by atoms with van der Waals surface area (Å²) in [5.41, 5.74) is 0.243. The van der Waals surface area contributed by atoms with E-state index in [0.717, 1.165) is 0 Å². The molecule has 0 spiro atoms. The molecule has 8 heteroatoms. The van der Waals surface area contributed by atoms with E-state index in [2.05, 4.69) is 4.98 Å². The Bertz CT molecular complexity index is 538. The Morgan fingerprint density at radius 3 is 2.85 bits per heavy atom. The number of carbonyl (C=O) groups excluding carboxylic acids is 1. The molecule has 20 heavy (non-hydrogen) atoms. The Morgan fingerprint density at radius 2 is 2.20 bits per heavy atom. The quantitative estimate of drug-likeness (QED) is 0.858. The van der Waals surface area contributed by atoms with Crippen LogP contribution in [0.15, 0.2) is 12.1 Å². The largest absolute Gasteiger partial charge is 0.481 e. The standard InChI is InChI=1S/C12H12Cl2N2O4/c13-9-2-1-8(11(14)15-9)12(19)16-3-4-20-7(6-16)5-10(17)18/h1-2,7H,3-6H2,(H,17,18). The van der Waals surface area contributed by atoms with Crippen LogP contribution in [0.2, 0.25) is 10.3 Å². The maximum Gasteiger partial charge on any atom is 0.306 e. The SMILES string of the molecule is O=C(O)CC1CN(C(=O)c2ccc(Cl)nc2Cl)CCO1. The second kappa shape index (κ2) is 6.39. The number of amides is 1. The van der Waals surface area contributed by atoms with Gasteiger partial charge in [0, 0.05) is 13.1 Å². The van der Waals surface area contributed by atoms with Gasteiger partial charge in [-0.15, -0.1) is 0 Å². The highest BCUT2D eigenvalue weighted by atomic mass is 35.5. The molecule has 1 aliphatic heterocycles. The van der Waals surface area contributed by atoms with Crippen LogP contribution in [0.25, 0.3) is 0 Å². The van der Waals surface area contributed by atoms with Crippen LogP contribution in [-0.4, -0.2) is 52.7 Å². The number of aromatic nitrogens is 1. The Balaban J connectivity index is 2.10. The van der Waals surface area contributed by atoms with E-state index >= 15 is 0 Å². The molecular formula is C12H12Cl2N2O4. The van der Waals surface area contributed by atoms with Crippen LogP contribution in [0.3, 0.4) is 0 Å². The number of carbonyl (C=O) groups is 2. The molecule has 1 saturated heterocycles. The molecule has 1 atom stereocenters. The summed E-state index contributed by atoms with van der Waals surface area (Å²) in [6.07, 6.45) is -0.652. The van der Waals surface area contributed by atoms with Gasteiger partial charge in [0.05, 0.1) is 24.7 Å². The van der Waals surface area contributed by atoms with Crippen LogP contribution in [0, 0.1) is 0 Å². The summed E-state index contributed by atoms with van der Waals surface area (Å²) in [5, 5.41) is 8.99. The highest BCUT2D eigenvalue weighted by molar-refractivity contribution is 6.34. The van der Waals surface area contributed by atoms with E-state index < -0.39 is 12.1 Å². The van der Waals surface area contributed by atoms with Crippen molar-refractivity contribution in [1.29, 1.82) is 0 Å². The van der Waals surface area contributed by atoms with Gasteiger partial charge in [0.25, 0.3) is 5.91 Å². The van der Waals surface area contributed by atoms with Gasteiger partial charge in [-0.3, -0.25) is 9.59 Å². The summed E-state index contributed by atoms with van der Waals surface area (Å²) in [5.74, 6) is -1.27. The second-order valence-electron chi connectivity index (χ2n) is 4.31. The van der Waals surface area contributed by atoms with Gasteiger partial charge < -0.3 is 14.7 Å². The zero-order chi connectivity index (χ0) is 14.7. The summed E-state index contributed by atoms with van der Waals surface area (Å²) in [4.78, 5) is 28.3. The molecule has 0 saturated carbocycles. The predicted octanol–water partition coefficient (Wildman–Crippen LogP) is 1.70. The zero-order valence-electron chi connectivity index (χ0n) is 10.4. The highest BCUT2D eigenvalue weighted by Crippen LogP contribution is 2.20. The van der Waals surface area contributed by atoms with Crippen LogP contribution >= 0.6 is 23.2 Å². The van der Waals surface area contributed by atoms with Crippen LogP contribution in [0.4, 0.5) is 0 Å². The monoisotopic (exact) mass is 318 g/mol. The predicted molar refractivity (Wildman–Crippen MR) is 72.2 cm³/mol. The van der Waals surface area contributed by atoms with Crippen LogP contribution < -0.4 is 0 Å². The molecular weight excluding hydrogens is 307 g/mol. The fraction of sp³-hybridized carbons (Fsp3) is 0.417. The number of carboxylic acid groups (broad SMARTS) is 1. The van der Waals surface area contributed by atoms with Gasteiger partial charge in [-0.1, -0.05) is 23.2 Å². The van der Waals surface area contributed by atoms with Crippen molar-refractivity contribution in [2.24, 2.45) is 0 Å². The summed E-state index contributed by atoms with van der Waals surface area (Å²) >= 11 is 11.6. The van der Waals surface area contributed by atoms with Crippen LogP contribution in [0.5, 0.6) is 0 Å². The van der Waals surface area contributed by atoms with Gasteiger partial charge in [0.15, 0.2) is 0 Å². The fourth-order valence-electron chi connectivity index (χ4n) is 1.96. The first-order chi connectivity index (χ1) is 9.47. The highest BCUT2D eigenvalue weighted by Gasteiger charge is 2.27. The van der Waals surface area contributed by atoms with Gasteiger partial charge in [-0.2, -0.15) is 0 Å². The van der Waals surface area contributed by atoms with E-state index in [9.17, 15) is 9.59 Å². The first-order valence-electron chi connectivity index (χ1n) is 5.92. The third-order valence-corrected chi connectivity index (χ3v) is 3.37. The molecule has 1 aromatic heterocycles. The molecule has 6 nitrogen and oxygen atoms in total. The third kappa shape index (κ3) is 3.59. The topological polar surface area (TPSA) is 79.7 Å². The van der Waals surface area contributed by atoms with Crippen LogP contribution in [-0.2, 0) is 9.53 Å². The summed E-state index contributed by atoms with van der Waals surface area (Å²) < 4.78 is 5.31. The molecule has 1 fully saturated rings. The second-order valence-corrected chi connectivity index (χ2v) is 5.06. The van der Waals surface area contributed by atoms with E-state index in [0.29, 0.717) is 13.2 Å². The maximum atomic E-state index is 12.3. The van der Waals surface area contributed by atoms with Gasteiger partial charge in [-0.05, 0) is 12.1 Å². The zero-order valence-corrected chi connectivity index (χ0v) is 11.9. The van der Waals surface area contributed by atoms with E-state index in [1.54, 1.807) is 0 Å². The van der Waals surface area contributed by atoms with Crippen molar-refractivity contribution in [3.05, 3.63) is 28.0 Å². The lowest BCUT2D eigenvalue weighted by Crippen LogP contribution is -2.46. The number of carboxylic acids is 1. The molecule has 2 rings (SSSR count). The smallest absolute Gasteiger partial charge is 0.306 e. The number of rotatable bonds is 3. The fourth-order valence-corrected chi connectivity index (χ4v) is 2.39. The Kier molecular flexibility index (Phi) is 4.80. The van der Waals surface area contributed by atoms with E-state index in [4.69, 9.17) is 33.0 Å². The van der Waals surface area contributed by atoms with Gasteiger partial charge >= 0.3 is 5.97 Å². The van der Waals surface area contributed by atoms with Crippen molar-refractivity contribution in [1.82, 2.24) is 9.88 Å². The number of hydrogen-bond donors (Lipinski definition) is 1. The average Bonchev–Trinajstić information content (AvgIpc) is 2.37. The first kappa shape index (κ1) is 15.0. The number of halogens is 2. The van der Waals surface area contributed by atoms with Crippen molar-refractivity contribution in [2.75, 3.05) is 19.7 Å². The molecule has 1 aromatic rings. The molecule has 2 heterocycles. The molecule has 1 aliphatic rings. The van der Waals surface area contributed by atoms with Gasteiger partial charge in [-0.25, -0.2) is 4.98 Å². The molecule has 0 radical (unpaired) electrons. The molecule has 1 N–H and O–H groups in total. The minimum absolute atomic E-state index is 0.0313. The molecule has 0 aromatic carbocycles. The van der Waals surface area contributed by atoms with Crippen molar-refractivity contribution in [3.63, 3.8) is 0 Å². The number of hydrogen-bond acceptors (Lipinski definition) is 4. The Morgan fingerprint density at radius 1 is 1.45 bits per heavy atom. The molecule has 1 unspecified atom stereocenters. The van der Waals surface area contributed by atoms with Crippen molar-refractivity contribution in [2.45, 2.75) is 12.5 Å². The van der Waals surface area contributed by atoms with Gasteiger partial charge in [0.1, 0.15) is 10.3 Å². The van der Waals surface area contributed by atoms with Crippen LogP contribution in [0.1, 0.15) is 16.8 Å². The molecule has 1 amide bonds. The number of aliphatic carboxylic acids is 1. The molecule has 108 valence electrons. The van der Waals surface area contributed by atoms with Crippen molar-refractivity contribution >= 4 is 35.1 Å². The van der Waals surface area contributed by atoms with Crippen molar-refractivity contribution < 1.29 is 19.4 Å². The summed E-state index contributed by atoms with van der Waals surface area (Å²) in [6, 6.07) is 2.98. The minimum Gasteiger partial charge on any atom is -0.481 e. The third-order valence-electron chi connectivity index (χ3n) is 2.87. The molecule has 0 aliphatic carbocycles. The normalized spacial score (nSPS) is 18.9. The van der Waals surface area contributed by atoms with Gasteiger partial charge in [0.2, 0.25) is 0 Å². The average molecular weight is 319 g/mol. The lowest BCUT2D eigenvalue weighted by atomic mass is 10.1. The minimum atomic E-state index is -0.963. The molecule has 0 bridgehead atoms. The Hall–Kier alpha value is -1.37. The van der Waals surface area contributed by atoms with Crippen molar-refractivity contribution in [3.8, 4) is 0 Å².